The average Bonchev–Trinajstić information content (AvgIpc) is 2.39. The summed E-state index contributed by atoms with van der Waals surface area (Å²) < 4.78 is 4.74. The van der Waals surface area contributed by atoms with E-state index in [-0.39, 0.29) is 18.4 Å². The van der Waals surface area contributed by atoms with Crippen molar-refractivity contribution >= 4 is 23.2 Å². The van der Waals surface area contributed by atoms with E-state index in [1.54, 1.807) is 31.2 Å². The molecular weight excluding hydrogens is 270 g/mol. The molecule has 0 saturated heterocycles. The fraction of sp³-hybridized carbons (Fsp3) is 0.467. The van der Waals surface area contributed by atoms with E-state index < -0.39 is 5.54 Å². The quantitative estimate of drug-likeness (QED) is 0.713. The van der Waals surface area contributed by atoms with Crippen molar-refractivity contribution in [2.24, 2.45) is 5.73 Å². The maximum absolute atomic E-state index is 12.1. The number of benzene rings is 1. The van der Waals surface area contributed by atoms with E-state index in [4.69, 9.17) is 10.5 Å². The fourth-order valence-electron chi connectivity index (χ4n) is 1.91. The Morgan fingerprint density at radius 3 is 2.48 bits per heavy atom. The second kappa shape index (κ2) is 7.75. The summed E-state index contributed by atoms with van der Waals surface area (Å²) in [7, 11) is 1.45. The van der Waals surface area contributed by atoms with Crippen molar-refractivity contribution in [3.8, 4) is 0 Å². The number of rotatable bonds is 7. The summed E-state index contributed by atoms with van der Waals surface area (Å²) in [6, 6.07) is 6.89. The summed E-state index contributed by atoms with van der Waals surface area (Å²) in [6.45, 7) is 3.66. The van der Waals surface area contributed by atoms with Crippen molar-refractivity contribution in [3.05, 3.63) is 24.3 Å². The lowest BCUT2D eigenvalue weighted by Gasteiger charge is -2.23. The van der Waals surface area contributed by atoms with Crippen LogP contribution in [0.15, 0.2) is 24.3 Å². The lowest BCUT2D eigenvalue weighted by molar-refractivity contribution is -0.121. The maximum atomic E-state index is 12.1. The van der Waals surface area contributed by atoms with E-state index in [0.717, 1.165) is 6.42 Å². The van der Waals surface area contributed by atoms with Crippen LogP contribution >= 0.6 is 0 Å². The monoisotopic (exact) mass is 293 g/mol. The Morgan fingerprint density at radius 2 is 1.90 bits per heavy atom. The van der Waals surface area contributed by atoms with Crippen LogP contribution < -0.4 is 16.4 Å². The largest absolute Gasteiger partial charge is 0.375 e. The van der Waals surface area contributed by atoms with Crippen LogP contribution in [0.3, 0.4) is 0 Å². The van der Waals surface area contributed by atoms with Gasteiger partial charge in [0.15, 0.2) is 0 Å². The van der Waals surface area contributed by atoms with Crippen LogP contribution in [-0.2, 0) is 14.3 Å². The lowest BCUT2D eigenvalue weighted by atomic mass is 9.96. The fourth-order valence-corrected chi connectivity index (χ4v) is 1.91. The van der Waals surface area contributed by atoms with Gasteiger partial charge in [-0.25, -0.2) is 0 Å². The highest BCUT2D eigenvalue weighted by Crippen LogP contribution is 2.17. The van der Waals surface area contributed by atoms with Gasteiger partial charge in [-0.05, 0) is 31.5 Å². The number of hydrogen-bond acceptors (Lipinski definition) is 4. The van der Waals surface area contributed by atoms with Crippen LogP contribution in [0.2, 0.25) is 0 Å². The first kappa shape index (κ1) is 17.1. The molecular formula is C15H23N3O3. The molecule has 6 nitrogen and oxygen atoms in total. The molecule has 0 radical (unpaired) electrons. The minimum Gasteiger partial charge on any atom is -0.375 e. The molecule has 116 valence electrons. The summed E-state index contributed by atoms with van der Waals surface area (Å²) in [5.41, 5.74) is 6.24. The molecule has 1 unspecified atom stereocenters. The summed E-state index contributed by atoms with van der Waals surface area (Å²) >= 11 is 0. The number of anilines is 2. The first-order valence-corrected chi connectivity index (χ1v) is 6.88. The van der Waals surface area contributed by atoms with Gasteiger partial charge in [0.1, 0.15) is 6.61 Å². The summed E-state index contributed by atoms with van der Waals surface area (Å²) in [5.74, 6) is -0.500. The first-order chi connectivity index (χ1) is 9.89. The highest BCUT2D eigenvalue weighted by Gasteiger charge is 2.27. The van der Waals surface area contributed by atoms with Gasteiger partial charge in [-0.2, -0.15) is 0 Å². The molecule has 0 fully saturated rings. The van der Waals surface area contributed by atoms with E-state index in [2.05, 4.69) is 10.6 Å². The van der Waals surface area contributed by atoms with E-state index in [1.807, 2.05) is 6.92 Å². The van der Waals surface area contributed by atoms with Gasteiger partial charge >= 0.3 is 0 Å². The SMILES string of the molecule is CCCC(C)(N)C(=O)Nc1cccc(NC(=O)COC)c1. The van der Waals surface area contributed by atoms with Crippen molar-refractivity contribution in [2.45, 2.75) is 32.2 Å². The number of amides is 2. The molecule has 1 aromatic rings. The summed E-state index contributed by atoms with van der Waals surface area (Å²) in [5, 5.41) is 5.44. The Balaban J connectivity index is 2.72. The van der Waals surface area contributed by atoms with Crippen LogP contribution in [0.25, 0.3) is 0 Å². The Kier molecular flexibility index (Phi) is 6.33. The Hall–Kier alpha value is -1.92. The Morgan fingerprint density at radius 1 is 1.29 bits per heavy atom. The zero-order valence-corrected chi connectivity index (χ0v) is 12.7. The molecule has 0 heterocycles. The first-order valence-electron chi connectivity index (χ1n) is 6.88. The van der Waals surface area contributed by atoms with Crippen molar-refractivity contribution in [2.75, 3.05) is 24.4 Å². The van der Waals surface area contributed by atoms with Gasteiger partial charge in [0.2, 0.25) is 11.8 Å². The van der Waals surface area contributed by atoms with Gasteiger partial charge < -0.3 is 21.1 Å². The number of methoxy groups -OCH3 is 1. The number of nitrogens with two attached hydrogens (primary N) is 1. The van der Waals surface area contributed by atoms with Crippen molar-refractivity contribution < 1.29 is 14.3 Å². The van der Waals surface area contributed by atoms with Crippen molar-refractivity contribution in [1.29, 1.82) is 0 Å². The topological polar surface area (TPSA) is 93.5 Å². The smallest absolute Gasteiger partial charge is 0.250 e. The second-order valence-electron chi connectivity index (χ2n) is 5.18. The zero-order chi connectivity index (χ0) is 15.9. The molecule has 6 heteroatoms. The van der Waals surface area contributed by atoms with Crippen LogP contribution in [0.1, 0.15) is 26.7 Å². The number of ether oxygens (including phenoxy) is 1. The van der Waals surface area contributed by atoms with E-state index in [0.29, 0.717) is 17.8 Å². The van der Waals surface area contributed by atoms with Crippen molar-refractivity contribution in [1.82, 2.24) is 0 Å². The summed E-state index contributed by atoms with van der Waals surface area (Å²) in [6.07, 6.45) is 1.43. The van der Waals surface area contributed by atoms with Gasteiger partial charge in [0, 0.05) is 18.5 Å². The van der Waals surface area contributed by atoms with Crippen LogP contribution in [-0.4, -0.2) is 31.1 Å². The Bertz CT molecular complexity index is 501. The molecule has 0 aromatic heterocycles. The number of carbonyl (C=O) groups is 2. The van der Waals surface area contributed by atoms with Gasteiger partial charge in [-0.3, -0.25) is 9.59 Å². The number of nitrogens with one attached hydrogen (secondary N) is 2. The predicted octanol–water partition coefficient (Wildman–Crippen LogP) is 1.73. The standard InChI is InChI=1S/C15H23N3O3/c1-4-8-15(2,16)14(20)18-12-7-5-6-11(9-12)17-13(19)10-21-3/h5-7,9H,4,8,10,16H2,1-3H3,(H,17,19)(H,18,20). The van der Waals surface area contributed by atoms with E-state index in [9.17, 15) is 9.59 Å². The minimum absolute atomic E-state index is 0.0199. The molecule has 0 saturated carbocycles. The van der Waals surface area contributed by atoms with Crippen LogP contribution in [0, 0.1) is 0 Å². The molecule has 0 aliphatic carbocycles. The van der Waals surface area contributed by atoms with E-state index >= 15 is 0 Å². The summed E-state index contributed by atoms with van der Waals surface area (Å²) in [4.78, 5) is 23.6. The molecule has 0 aliphatic heterocycles. The molecule has 4 N–H and O–H groups in total. The average molecular weight is 293 g/mol. The van der Waals surface area contributed by atoms with Gasteiger partial charge in [0.25, 0.3) is 0 Å². The number of carbonyl (C=O) groups excluding carboxylic acids is 2. The third-order valence-electron chi connectivity index (χ3n) is 2.97. The molecule has 0 bridgehead atoms. The molecule has 1 aromatic carbocycles. The maximum Gasteiger partial charge on any atom is 0.250 e. The molecule has 0 aliphatic rings. The third-order valence-corrected chi connectivity index (χ3v) is 2.97. The van der Waals surface area contributed by atoms with Crippen molar-refractivity contribution in [3.63, 3.8) is 0 Å². The van der Waals surface area contributed by atoms with Gasteiger partial charge in [0.05, 0.1) is 5.54 Å². The Labute approximate surface area is 125 Å². The van der Waals surface area contributed by atoms with E-state index in [1.165, 1.54) is 7.11 Å². The second-order valence-corrected chi connectivity index (χ2v) is 5.18. The molecule has 1 atom stereocenters. The molecule has 1 rings (SSSR count). The minimum atomic E-state index is -0.913. The molecule has 2 amide bonds. The predicted molar refractivity (Wildman–Crippen MR) is 83.1 cm³/mol. The third kappa shape index (κ3) is 5.53. The van der Waals surface area contributed by atoms with Crippen LogP contribution in [0.4, 0.5) is 11.4 Å². The zero-order valence-electron chi connectivity index (χ0n) is 12.7. The lowest BCUT2D eigenvalue weighted by Crippen LogP contribution is -2.48. The normalized spacial score (nSPS) is 13.3. The molecule has 0 spiro atoms. The van der Waals surface area contributed by atoms with Gasteiger partial charge in [-0.15, -0.1) is 0 Å². The highest BCUT2D eigenvalue weighted by molar-refractivity contribution is 5.98. The highest BCUT2D eigenvalue weighted by atomic mass is 16.5. The van der Waals surface area contributed by atoms with Gasteiger partial charge in [-0.1, -0.05) is 19.4 Å². The van der Waals surface area contributed by atoms with Crippen LogP contribution in [0.5, 0.6) is 0 Å². The number of hydrogen-bond donors (Lipinski definition) is 3. The molecule has 21 heavy (non-hydrogen) atoms.